The molecule has 3 unspecified atom stereocenters. The van der Waals surface area contributed by atoms with Crippen LogP contribution in [0.25, 0.3) is 0 Å². The van der Waals surface area contributed by atoms with E-state index in [4.69, 9.17) is 15.2 Å². The van der Waals surface area contributed by atoms with Crippen molar-refractivity contribution in [3.63, 3.8) is 0 Å². The molecule has 3 atom stereocenters. The lowest BCUT2D eigenvalue weighted by atomic mass is 10.1. The molecule has 4 nitrogen and oxygen atoms in total. The van der Waals surface area contributed by atoms with E-state index in [2.05, 4.69) is 4.90 Å². The molecule has 2 fully saturated rings. The second kappa shape index (κ2) is 4.57. The van der Waals surface area contributed by atoms with Crippen molar-refractivity contribution in [1.82, 2.24) is 4.90 Å². The summed E-state index contributed by atoms with van der Waals surface area (Å²) in [5, 5.41) is 0. The summed E-state index contributed by atoms with van der Waals surface area (Å²) in [6.45, 7) is 6.60. The average molecular weight is 200 g/mol. The van der Waals surface area contributed by atoms with Crippen molar-refractivity contribution in [2.45, 2.75) is 31.5 Å². The Morgan fingerprint density at radius 2 is 2.29 bits per heavy atom. The minimum atomic E-state index is 0.125. The second-order valence-corrected chi connectivity index (χ2v) is 4.28. The van der Waals surface area contributed by atoms with E-state index >= 15 is 0 Å². The molecule has 0 aliphatic carbocycles. The maximum atomic E-state index is 5.85. The monoisotopic (exact) mass is 200 g/mol. The van der Waals surface area contributed by atoms with E-state index in [1.165, 1.54) is 0 Å². The molecular weight excluding hydrogens is 180 g/mol. The van der Waals surface area contributed by atoms with Gasteiger partial charge in [-0.25, -0.2) is 0 Å². The number of hydrogen-bond acceptors (Lipinski definition) is 4. The topological polar surface area (TPSA) is 47.7 Å². The van der Waals surface area contributed by atoms with Crippen molar-refractivity contribution in [2.75, 3.05) is 32.9 Å². The summed E-state index contributed by atoms with van der Waals surface area (Å²) in [7, 11) is 0. The first-order valence-corrected chi connectivity index (χ1v) is 5.46. The van der Waals surface area contributed by atoms with Crippen LogP contribution in [0, 0.1) is 0 Å². The Balaban J connectivity index is 1.86. The van der Waals surface area contributed by atoms with Gasteiger partial charge in [-0.3, -0.25) is 4.90 Å². The van der Waals surface area contributed by atoms with Crippen LogP contribution in [0.4, 0.5) is 0 Å². The van der Waals surface area contributed by atoms with Crippen molar-refractivity contribution in [1.29, 1.82) is 0 Å². The molecule has 0 amide bonds. The molecule has 2 rings (SSSR count). The fourth-order valence-corrected chi connectivity index (χ4v) is 2.16. The zero-order valence-electron chi connectivity index (χ0n) is 8.82. The summed E-state index contributed by atoms with van der Waals surface area (Å²) in [6.07, 6.45) is 1.36. The number of ether oxygens (including phenoxy) is 2. The van der Waals surface area contributed by atoms with Gasteiger partial charge in [0.15, 0.2) is 0 Å². The molecule has 0 saturated carbocycles. The van der Waals surface area contributed by atoms with Gasteiger partial charge in [-0.1, -0.05) is 0 Å². The van der Waals surface area contributed by atoms with Gasteiger partial charge in [-0.2, -0.15) is 0 Å². The van der Waals surface area contributed by atoms with Gasteiger partial charge in [0.25, 0.3) is 0 Å². The van der Waals surface area contributed by atoms with Crippen molar-refractivity contribution >= 4 is 0 Å². The lowest BCUT2D eigenvalue weighted by Crippen LogP contribution is -2.52. The van der Waals surface area contributed by atoms with Gasteiger partial charge in [-0.15, -0.1) is 0 Å². The summed E-state index contributed by atoms with van der Waals surface area (Å²) in [4.78, 5) is 2.46. The van der Waals surface area contributed by atoms with Gasteiger partial charge in [0, 0.05) is 31.8 Å². The fraction of sp³-hybridized carbons (Fsp3) is 1.00. The van der Waals surface area contributed by atoms with E-state index in [0.717, 1.165) is 39.3 Å². The SMILES string of the molecule is CC(N)C1CN(C2CCOC2)CCO1. The van der Waals surface area contributed by atoms with Gasteiger partial charge in [0.1, 0.15) is 0 Å². The number of nitrogens with two attached hydrogens (primary N) is 1. The first-order chi connectivity index (χ1) is 6.77. The summed E-state index contributed by atoms with van der Waals surface area (Å²) >= 11 is 0. The zero-order chi connectivity index (χ0) is 9.97. The lowest BCUT2D eigenvalue weighted by Gasteiger charge is -2.37. The van der Waals surface area contributed by atoms with E-state index < -0.39 is 0 Å². The third-order valence-corrected chi connectivity index (χ3v) is 3.13. The Labute approximate surface area is 85.3 Å². The number of nitrogens with zero attached hydrogens (tertiary/aromatic N) is 1. The van der Waals surface area contributed by atoms with Crippen LogP contribution < -0.4 is 5.73 Å². The molecule has 0 radical (unpaired) electrons. The summed E-state index contributed by atoms with van der Waals surface area (Å²) < 4.78 is 11.0. The molecule has 4 heteroatoms. The second-order valence-electron chi connectivity index (χ2n) is 4.28. The van der Waals surface area contributed by atoms with Crippen LogP contribution in [0.5, 0.6) is 0 Å². The van der Waals surface area contributed by atoms with E-state index in [1.807, 2.05) is 6.92 Å². The van der Waals surface area contributed by atoms with Gasteiger partial charge < -0.3 is 15.2 Å². The third-order valence-electron chi connectivity index (χ3n) is 3.13. The highest BCUT2D eigenvalue weighted by Crippen LogP contribution is 2.17. The van der Waals surface area contributed by atoms with Crippen LogP contribution in [-0.2, 0) is 9.47 Å². The van der Waals surface area contributed by atoms with Crippen molar-refractivity contribution < 1.29 is 9.47 Å². The molecule has 2 aliphatic rings. The quantitative estimate of drug-likeness (QED) is 0.672. The summed E-state index contributed by atoms with van der Waals surface area (Å²) in [6, 6.07) is 0.722. The fourth-order valence-electron chi connectivity index (χ4n) is 2.16. The maximum absolute atomic E-state index is 5.85. The Morgan fingerprint density at radius 3 is 2.93 bits per heavy atom. The van der Waals surface area contributed by atoms with Crippen LogP contribution in [0.2, 0.25) is 0 Å². The van der Waals surface area contributed by atoms with Crippen molar-refractivity contribution in [2.24, 2.45) is 5.73 Å². The molecular formula is C10H20N2O2. The molecule has 14 heavy (non-hydrogen) atoms. The largest absolute Gasteiger partial charge is 0.380 e. The van der Waals surface area contributed by atoms with Gasteiger partial charge in [-0.05, 0) is 13.3 Å². The van der Waals surface area contributed by atoms with E-state index in [9.17, 15) is 0 Å². The molecule has 0 aromatic heterocycles. The van der Waals surface area contributed by atoms with Gasteiger partial charge >= 0.3 is 0 Å². The van der Waals surface area contributed by atoms with Gasteiger partial charge in [0.2, 0.25) is 0 Å². The minimum Gasteiger partial charge on any atom is -0.380 e. The van der Waals surface area contributed by atoms with E-state index in [1.54, 1.807) is 0 Å². The predicted octanol–water partition coefficient (Wildman–Crippen LogP) is -0.177. The molecule has 0 aromatic rings. The Bertz CT molecular complexity index is 181. The smallest absolute Gasteiger partial charge is 0.0850 e. The van der Waals surface area contributed by atoms with Crippen LogP contribution in [0.15, 0.2) is 0 Å². The summed E-state index contributed by atoms with van der Waals surface area (Å²) in [5.74, 6) is 0. The maximum Gasteiger partial charge on any atom is 0.0850 e. The van der Waals surface area contributed by atoms with Crippen LogP contribution in [0.3, 0.4) is 0 Å². The molecule has 82 valence electrons. The average Bonchev–Trinajstić information content (AvgIpc) is 2.71. The van der Waals surface area contributed by atoms with Crippen LogP contribution >= 0.6 is 0 Å². The Kier molecular flexibility index (Phi) is 3.38. The first-order valence-electron chi connectivity index (χ1n) is 5.46. The molecule has 2 N–H and O–H groups in total. The molecule has 0 bridgehead atoms. The summed E-state index contributed by atoms with van der Waals surface area (Å²) in [5.41, 5.74) is 5.85. The Hall–Kier alpha value is -0.160. The lowest BCUT2D eigenvalue weighted by molar-refractivity contribution is -0.0520. The number of hydrogen-bond donors (Lipinski definition) is 1. The highest BCUT2D eigenvalue weighted by Gasteiger charge is 2.30. The molecule has 2 aliphatic heterocycles. The highest BCUT2D eigenvalue weighted by molar-refractivity contribution is 4.83. The third kappa shape index (κ3) is 2.25. The predicted molar refractivity (Wildman–Crippen MR) is 54.2 cm³/mol. The Morgan fingerprint density at radius 1 is 1.43 bits per heavy atom. The van der Waals surface area contributed by atoms with Crippen molar-refractivity contribution in [3.05, 3.63) is 0 Å². The van der Waals surface area contributed by atoms with E-state index in [-0.39, 0.29) is 12.1 Å². The van der Waals surface area contributed by atoms with Gasteiger partial charge in [0.05, 0.1) is 19.3 Å². The van der Waals surface area contributed by atoms with Crippen molar-refractivity contribution in [3.8, 4) is 0 Å². The highest BCUT2D eigenvalue weighted by atomic mass is 16.5. The van der Waals surface area contributed by atoms with Crippen LogP contribution in [0.1, 0.15) is 13.3 Å². The number of rotatable bonds is 2. The minimum absolute atomic E-state index is 0.125. The number of morpholine rings is 1. The van der Waals surface area contributed by atoms with E-state index in [0.29, 0.717) is 6.04 Å². The zero-order valence-corrected chi connectivity index (χ0v) is 8.82. The molecule has 0 aromatic carbocycles. The normalized spacial score (nSPS) is 37.3. The van der Waals surface area contributed by atoms with Crippen LogP contribution in [-0.4, -0.2) is 56.0 Å². The molecule has 2 heterocycles. The molecule has 0 spiro atoms. The molecule has 2 saturated heterocycles. The first kappa shape index (κ1) is 10.4. The standard InChI is InChI=1S/C10H20N2O2/c1-8(11)10-6-12(3-5-14-10)9-2-4-13-7-9/h8-10H,2-7,11H2,1H3.